The molecule has 1 N–H and O–H groups in total. The van der Waals surface area contributed by atoms with Gasteiger partial charge in [0.05, 0.1) is 25.4 Å². The van der Waals surface area contributed by atoms with E-state index in [1.54, 1.807) is 6.26 Å². The van der Waals surface area contributed by atoms with Gasteiger partial charge < -0.3 is 14.5 Å². The molecule has 1 amide bonds. The van der Waals surface area contributed by atoms with Crippen LogP contribution >= 0.6 is 11.3 Å². The zero-order chi connectivity index (χ0) is 20.8. The van der Waals surface area contributed by atoms with Crippen molar-refractivity contribution in [3.05, 3.63) is 51.6 Å². The maximum atomic E-state index is 12.8. The topological polar surface area (TPSA) is 68.5 Å². The second kappa shape index (κ2) is 7.34. The summed E-state index contributed by atoms with van der Waals surface area (Å²) in [6, 6.07) is 6.11. The zero-order valence-electron chi connectivity index (χ0n) is 17.2. The molecule has 0 unspecified atom stereocenters. The number of furan rings is 1. The first kappa shape index (κ1) is 19.7. The fraction of sp³-hybridized carbons (Fsp3) is 0.391. The number of fused-ring (bicyclic) bond motifs is 2. The van der Waals surface area contributed by atoms with Crippen LogP contribution in [-0.4, -0.2) is 19.0 Å². The molecule has 1 aromatic carbocycles. The van der Waals surface area contributed by atoms with Crippen LogP contribution in [0.15, 0.2) is 28.9 Å². The molecule has 1 aliphatic rings. The van der Waals surface area contributed by atoms with Crippen molar-refractivity contribution in [1.82, 2.24) is 0 Å². The number of carbonyl (C=O) groups is 2. The summed E-state index contributed by atoms with van der Waals surface area (Å²) in [7, 11) is 1.37. The van der Waals surface area contributed by atoms with E-state index in [2.05, 4.69) is 38.2 Å². The van der Waals surface area contributed by atoms with Gasteiger partial charge in [0.15, 0.2) is 0 Å². The van der Waals surface area contributed by atoms with Gasteiger partial charge in [-0.25, -0.2) is 4.79 Å². The standard InChI is InChI=1S/C23H25NO4S/c1-23(2,3)14-8-9-17-16(11-14)13(12-28-17)10-19(25)24-21-20(22(26)27-4)15-6-5-7-18(15)29-21/h8-9,11-12H,5-7,10H2,1-4H3,(H,24,25). The van der Waals surface area contributed by atoms with E-state index in [0.29, 0.717) is 10.6 Å². The number of carbonyl (C=O) groups excluding carboxylic acids is 2. The van der Waals surface area contributed by atoms with Crippen LogP contribution in [0.2, 0.25) is 0 Å². The van der Waals surface area contributed by atoms with Crippen molar-refractivity contribution < 1.29 is 18.7 Å². The molecule has 2 heterocycles. The van der Waals surface area contributed by atoms with Crippen LogP contribution in [-0.2, 0) is 34.2 Å². The van der Waals surface area contributed by atoms with E-state index in [9.17, 15) is 9.59 Å². The number of esters is 1. The molecule has 0 aliphatic heterocycles. The van der Waals surface area contributed by atoms with Crippen molar-refractivity contribution in [2.24, 2.45) is 0 Å². The minimum Gasteiger partial charge on any atom is -0.465 e. The highest BCUT2D eigenvalue weighted by Crippen LogP contribution is 2.39. The Labute approximate surface area is 174 Å². The third-order valence-corrected chi connectivity index (χ3v) is 6.64. The first-order valence-corrected chi connectivity index (χ1v) is 10.6. The van der Waals surface area contributed by atoms with Crippen LogP contribution in [0.3, 0.4) is 0 Å². The van der Waals surface area contributed by atoms with E-state index < -0.39 is 0 Å². The summed E-state index contributed by atoms with van der Waals surface area (Å²) in [4.78, 5) is 26.2. The van der Waals surface area contributed by atoms with Gasteiger partial charge in [0, 0.05) is 15.8 Å². The number of thiophene rings is 1. The minimum atomic E-state index is -0.386. The highest BCUT2D eigenvalue weighted by atomic mass is 32.1. The number of hydrogen-bond donors (Lipinski definition) is 1. The van der Waals surface area contributed by atoms with Crippen LogP contribution in [0.5, 0.6) is 0 Å². The summed E-state index contributed by atoms with van der Waals surface area (Å²) in [6.45, 7) is 6.47. The molecule has 0 atom stereocenters. The van der Waals surface area contributed by atoms with E-state index in [1.807, 2.05) is 6.07 Å². The molecule has 2 aromatic heterocycles. The van der Waals surface area contributed by atoms with Crippen LogP contribution in [0, 0.1) is 0 Å². The Balaban J connectivity index is 1.59. The number of rotatable bonds is 4. The zero-order valence-corrected chi connectivity index (χ0v) is 18.0. The molecule has 29 heavy (non-hydrogen) atoms. The summed E-state index contributed by atoms with van der Waals surface area (Å²) < 4.78 is 10.6. The SMILES string of the molecule is COC(=O)c1c(NC(=O)Cc2coc3ccc(C(C)(C)C)cc23)sc2c1CCC2. The predicted octanol–water partition coefficient (Wildman–Crippen LogP) is 5.25. The molecular weight excluding hydrogens is 386 g/mol. The Morgan fingerprint density at radius 1 is 1.24 bits per heavy atom. The van der Waals surface area contributed by atoms with Crippen LogP contribution < -0.4 is 5.32 Å². The maximum Gasteiger partial charge on any atom is 0.341 e. The Hall–Kier alpha value is -2.60. The van der Waals surface area contributed by atoms with Crippen LogP contribution in [0.4, 0.5) is 5.00 Å². The number of ether oxygens (including phenoxy) is 1. The molecule has 6 heteroatoms. The fourth-order valence-electron chi connectivity index (χ4n) is 3.84. The molecule has 0 radical (unpaired) electrons. The molecule has 1 aliphatic carbocycles. The second-order valence-electron chi connectivity index (χ2n) is 8.50. The predicted molar refractivity (Wildman–Crippen MR) is 115 cm³/mol. The van der Waals surface area contributed by atoms with E-state index in [4.69, 9.17) is 9.15 Å². The van der Waals surface area contributed by atoms with Crippen molar-refractivity contribution in [1.29, 1.82) is 0 Å². The fourth-order valence-corrected chi connectivity index (χ4v) is 5.13. The van der Waals surface area contributed by atoms with Crippen molar-refractivity contribution in [3.8, 4) is 0 Å². The lowest BCUT2D eigenvalue weighted by Crippen LogP contribution is -2.16. The van der Waals surface area contributed by atoms with Crippen molar-refractivity contribution in [2.45, 2.75) is 51.9 Å². The molecule has 152 valence electrons. The van der Waals surface area contributed by atoms with Gasteiger partial charge in [-0.3, -0.25) is 4.79 Å². The quantitative estimate of drug-likeness (QED) is 0.596. The summed E-state index contributed by atoms with van der Waals surface area (Å²) in [5.74, 6) is -0.554. The minimum absolute atomic E-state index is 0.0118. The number of hydrogen-bond acceptors (Lipinski definition) is 5. The molecule has 5 nitrogen and oxygen atoms in total. The van der Waals surface area contributed by atoms with Gasteiger partial charge in [-0.15, -0.1) is 11.3 Å². The number of methoxy groups -OCH3 is 1. The smallest absolute Gasteiger partial charge is 0.341 e. The van der Waals surface area contributed by atoms with Crippen LogP contribution in [0.1, 0.15) is 59.1 Å². The molecule has 0 saturated heterocycles. The Kier molecular flexibility index (Phi) is 4.99. The lowest BCUT2D eigenvalue weighted by molar-refractivity contribution is -0.115. The van der Waals surface area contributed by atoms with Gasteiger partial charge in [0.1, 0.15) is 10.6 Å². The Bertz CT molecular complexity index is 1100. The van der Waals surface area contributed by atoms with E-state index in [0.717, 1.165) is 41.4 Å². The van der Waals surface area contributed by atoms with Gasteiger partial charge >= 0.3 is 5.97 Å². The molecule has 0 spiro atoms. The lowest BCUT2D eigenvalue weighted by Gasteiger charge is -2.18. The van der Waals surface area contributed by atoms with E-state index in [1.165, 1.54) is 28.9 Å². The summed E-state index contributed by atoms with van der Waals surface area (Å²) in [6.07, 6.45) is 4.67. The van der Waals surface area contributed by atoms with Crippen LogP contribution in [0.25, 0.3) is 11.0 Å². The summed E-state index contributed by atoms with van der Waals surface area (Å²) in [5, 5.41) is 4.49. The first-order valence-electron chi connectivity index (χ1n) is 9.81. The monoisotopic (exact) mass is 411 g/mol. The number of amides is 1. The normalized spacial score (nSPS) is 13.5. The third-order valence-electron chi connectivity index (χ3n) is 5.43. The largest absolute Gasteiger partial charge is 0.465 e. The highest BCUT2D eigenvalue weighted by molar-refractivity contribution is 7.17. The molecule has 4 rings (SSSR count). The number of anilines is 1. The molecule has 0 saturated carbocycles. The average molecular weight is 412 g/mol. The number of aryl methyl sites for hydroxylation is 1. The van der Waals surface area contributed by atoms with Gasteiger partial charge in [-0.1, -0.05) is 26.8 Å². The first-order chi connectivity index (χ1) is 13.8. The average Bonchev–Trinajstić information content (AvgIpc) is 3.35. The second-order valence-corrected chi connectivity index (χ2v) is 9.61. The summed E-state index contributed by atoms with van der Waals surface area (Å²) >= 11 is 1.49. The highest BCUT2D eigenvalue weighted by Gasteiger charge is 2.28. The van der Waals surface area contributed by atoms with Gasteiger partial charge in [0.25, 0.3) is 0 Å². The molecular formula is C23H25NO4S. The lowest BCUT2D eigenvalue weighted by atomic mass is 9.86. The Morgan fingerprint density at radius 2 is 2.03 bits per heavy atom. The summed E-state index contributed by atoms with van der Waals surface area (Å²) in [5.41, 5.74) is 4.36. The number of benzene rings is 1. The van der Waals surface area contributed by atoms with Gasteiger partial charge in [-0.2, -0.15) is 0 Å². The van der Waals surface area contributed by atoms with Gasteiger partial charge in [0.2, 0.25) is 5.91 Å². The van der Waals surface area contributed by atoms with Crippen molar-refractivity contribution in [3.63, 3.8) is 0 Å². The molecule has 0 fully saturated rings. The Morgan fingerprint density at radius 3 is 2.76 bits per heavy atom. The van der Waals surface area contributed by atoms with Crippen molar-refractivity contribution in [2.75, 3.05) is 12.4 Å². The van der Waals surface area contributed by atoms with Crippen molar-refractivity contribution >= 4 is 39.2 Å². The molecule has 0 bridgehead atoms. The van der Waals surface area contributed by atoms with Gasteiger partial charge in [-0.05, 0) is 47.9 Å². The van der Waals surface area contributed by atoms with E-state index >= 15 is 0 Å². The third kappa shape index (κ3) is 3.69. The van der Waals surface area contributed by atoms with E-state index in [-0.39, 0.29) is 23.7 Å². The maximum absolute atomic E-state index is 12.8. The molecule has 3 aromatic rings. The number of nitrogens with one attached hydrogen (secondary N) is 1.